The number of rotatable bonds is 6. The lowest BCUT2D eigenvalue weighted by atomic mass is 10.0. The molecule has 3 rings (SSSR count). The Morgan fingerprint density at radius 2 is 2.22 bits per heavy atom. The van der Waals surface area contributed by atoms with E-state index >= 15 is 0 Å². The summed E-state index contributed by atoms with van der Waals surface area (Å²) in [4.78, 5) is 51.3. The van der Waals surface area contributed by atoms with Gasteiger partial charge in [0.2, 0.25) is 6.41 Å². The Morgan fingerprint density at radius 3 is 2.85 bits per heavy atom. The van der Waals surface area contributed by atoms with Crippen molar-refractivity contribution in [3.63, 3.8) is 0 Å². The normalized spacial score (nSPS) is 22.0. The maximum absolute atomic E-state index is 12.4. The first kappa shape index (κ1) is 19.1. The molecule has 0 saturated carbocycles. The van der Waals surface area contributed by atoms with Crippen LogP contribution in [-0.2, 0) is 19.2 Å². The number of anilines is 1. The first-order valence-electron chi connectivity index (χ1n) is 7.14. The number of thioether (sulfide) groups is 1. The zero-order valence-corrected chi connectivity index (χ0v) is 15.5. The molecule has 2 atom stereocenters. The van der Waals surface area contributed by atoms with Crippen molar-refractivity contribution in [2.75, 3.05) is 11.1 Å². The number of carbonyl (C=O) groups is 4. The number of halogens is 1. The summed E-state index contributed by atoms with van der Waals surface area (Å²) >= 11 is 8.08. The number of carbonyl (C=O) groups excluding carboxylic acids is 3. The molecule has 4 N–H and O–H groups in total. The Kier molecular flexibility index (Phi) is 5.34. The van der Waals surface area contributed by atoms with E-state index in [4.69, 9.17) is 16.8 Å². The van der Waals surface area contributed by atoms with Crippen molar-refractivity contribution in [1.82, 2.24) is 15.2 Å². The number of hydrogen-bond donors (Lipinski definition) is 4. The molecule has 11 nitrogen and oxygen atoms in total. The quantitative estimate of drug-likeness (QED) is 0.158. The predicted molar refractivity (Wildman–Crippen MR) is 95.7 cm³/mol. The maximum atomic E-state index is 12.4. The SMILES string of the molecule is O=CNc1nc(/C(=N/O)C(=O)NC2C(=O)N3C(C(=O)O)=C(Cl)CS[C@H]23)cs1. The van der Waals surface area contributed by atoms with Gasteiger partial charge in [0.1, 0.15) is 22.8 Å². The van der Waals surface area contributed by atoms with Crippen LogP contribution in [0.5, 0.6) is 0 Å². The third kappa shape index (κ3) is 3.36. The van der Waals surface area contributed by atoms with Gasteiger partial charge in [0.25, 0.3) is 11.8 Å². The second-order valence-corrected chi connectivity index (χ2v) is 7.59. The van der Waals surface area contributed by atoms with Gasteiger partial charge in [-0.25, -0.2) is 9.78 Å². The van der Waals surface area contributed by atoms with Crippen molar-refractivity contribution in [1.29, 1.82) is 0 Å². The molecule has 0 bridgehead atoms. The zero-order chi connectivity index (χ0) is 19.7. The Hall–Kier alpha value is -2.64. The number of fused-ring (bicyclic) bond motifs is 1. The zero-order valence-electron chi connectivity index (χ0n) is 13.1. The number of hydrogen-bond acceptors (Lipinski definition) is 9. The van der Waals surface area contributed by atoms with Gasteiger partial charge in [-0.05, 0) is 0 Å². The highest BCUT2D eigenvalue weighted by molar-refractivity contribution is 8.00. The van der Waals surface area contributed by atoms with Crippen LogP contribution < -0.4 is 10.6 Å². The fourth-order valence-corrected chi connectivity index (χ4v) is 4.71. The number of aliphatic carboxylic acids is 1. The van der Waals surface area contributed by atoms with Crippen LogP contribution >= 0.6 is 34.7 Å². The molecule has 2 aliphatic rings. The third-order valence-electron chi connectivity index (χ3n) is 3.66. The average Bonchev–Trinajstić information content (AvgIpc) is 3.08. The molecule has 14 heteroatoms. The summed E-state index contributed by atoms with van der Waals surface area (Å²) in [5.41, 5.74) is -0.765. The fraction of sp³-hybridized carbons (Fsp3) is 0.231. The van der Waals surface area contributed by atoms with Crippen LogP contribution in [0.1, 0.15) is 5.69 Å². The summed E-state index contributed by atoms with van der Waals surface area (Å²) in [6.07, 6.45) is 0.402. The lowest BCUT2D eigenvalue weighted by Crippen LogP contribution is -2.70. The first-order valence-corrected chi connectivity index (χ1v) is 9.45. The summed E-state index contributed by atoms with van der Waals surface area (Å²) < 4.78 is 0. The molecule has 3 amide bonds. The van der Waals surface area contributed by atoms with Crippen LogP contribution in [0.15, 0.2) is 21.3 Å². The van der Waals surface area contributed by atoms with Gasteiger partial charge in [-0.3, -0.25) is 19.3 Å². The van der Waals surface area contributed by atoms with E-state index in [1.807, 2.05) is 0 Å². The highest BCUT2D eigenvalue weighted by atomic mass is 35.5. The van der Waals surface area contributed by atoms with Gasteiger partial charge in [0, 0.05) is 11.1 Å². The van der Waals surface area contributed by atoms with E-state index in [0.717, 1.165) is 16.2 Å². The molecule has 1 aromatic rings. The van der Waals surface area contributed by atoms with E-state index in [1.54, 1.807) is 0 Å². The van der Waals surface area contributed by atoms with Gasteiger partial charge in [-0.1, -0.05) is 16.8 Å². The summed E-state index contributed by atoms with van der Waals surface area (Å²) in [6.45, 7) is 0. The molecule has 1 unspecified atom stereocenters. The van der Waals surface area contributed by atoms with E-state index < -0.39 is 34.9 Å². The number of carboxylic acids is 1. The van der Waals surface area contributed by atoms with Crippen molar-refractivity contribution in [3.8, 4) is 0 Å². The summed E-state index contributed by atoms with van der Waals surface area (Å²) in [5, 5.41) is 26.9. The van der Waals surface area contributed by atoms with Gasteiger partial charge < -0.3 is 20.9 Å². The number of β-lactam (4-membered cyclic amide) rings is 1. The Bertz CT molecular complexity index is 900. The third-order valence-corrected chi connectivity index (χ3v) is 6.18. The lowest BCUT2D eigenvalue weighted by Gasteiger charge is -2.48. The highest BCUT2D eigenvalue weighted by Crippen LogP contribution is 2.41. The van der Waals surface area contributed by atoms with E-state index in [0.29, 0.717) is 6.41 Å². The molecule has 0 aromatic carbocycles. The number of amides is 3. The summed E-state index contributed by atoms with van der Waals surface area (Å²) in [7, 11) is 0. The van der Waals surface area contributed by atoms with Gasteiger partial charge >= 0.3 is 5.97 Å². The molecule has 142 valence electrons. The second kappa shape index (κ2) is 7.54. The maximum Gasteiger partial charge on any atom is 0.353 e. The van der Waals surface area contributed by atoms with Crippen LogP contribution in [0.2, 0.25) is 0 Å². The predicted octanol–water partition coefficient (Wildman–Crippen LogP) is -0.175. The van der Waals surface area contributed by atoms with Gasteiger partial charge in [0.15, 0.2) is 10.8 Å². The van der Waals surface area contributed by atoms with Crippen molar-refractivity contribution in [2.45, 2.75) is 11.4 Å². The molecular weight excluding hydrogens is 422 g/mol. The van der Waals surface area contributed by atoms with E-state index in [2.05, 4.69) is 20.8 Å². The monoisotopic (exact) mass is 431 g/mol. The van der Waals surface area contributed by atoms with Crippen LogP contribution in [0.3, 0.4) is 0 Å². The van der Waals surface area contributed by atoms with Crippen LogP contribution in [0.25, 0.3) is 0 Å². The number of nitrogens with one attached hydrogen (secondary N) is 2. The standard InChI is InChI=1S/C13H10ClN5O6S2/c14-4-1-26-11-7(10(22)19(11)8(4)12(23)24)17-9(21)6(18-25)5-2-27-13(16-5)15-3-20/h2-3,7,11,25H,1H2,(H,17,21)(H,23,24)(H,15,16,20)/b18-6-/t7?,11-/m1/s1. The molecular formula is C13H10ClN5O6S2. The fourth-order valence-electron chi connectivity index (χ4n) is 2.50. The highest BCUT2D eigenvalue weighted by Gasteiger charge is 2.54. The molecule has 2 aliphatic heterocycles. The number of nitrogens with zero attached hydrogens (tertiary/aromatic N) is 3. The van der Waals surface area contributed by atoms with Crippen molar-refractivity contribution >= 4 is 69.7 Å². The van der Waals surface area contributed by atoms with E-state index in [1.165, 1.54) is 17.1 Å². The Morgan fingerprint density at radius 1 is 1.48 bits per heavy atom. The van der Waals surface area contributed by atoms with Crippen molar-refractivity contribution in [2.24, 2.45) is 5.16 Å². The first-order chi connectivity index (χ1) is 12.9. The van der Waals surface area contributed by atoms with Crippen molar-refractivity contribution < 1.29 is 29.5 Å². The molecule has 0 spiro atoms. The Balaban J connectivity index is 1.74. The number of carboxylic acid groups (broad SMARTS) is 1. The summed E-state index contributed by atoms with van der Waals surface area (Å²) in [5.74, 6) is -2.68. The van der Waals surface area contributed by atoms with E-state index in [9.17, 15) is 24.3 Å². The molecule has 27 heavy (non-hydrogen) atoms. The van der Waals surface area contributed by atoms with Gasteiger partial charge in [-0.15, -0.1) is 23.1 Å². The number of aromatic nitrogens is 1. The second-order valence-electron chi connectivity index (χ2n) is 5.17. The molecule has 0 aliphatic carbocycles. The largest absolute Gasteiger partial charge is 0.477 e. The molecule has 1 aromatic heterocycles. The molecule has 1 saturated heterocycles. The molecule has 1 fully saturated rings. The van der Waals surface area contributed by atoms with Crippen LogP contribution in [0, 0.1) is 0 Å². The Labute approximate surface area is 164 Å². The van der Waals surface area contributed by atoms with Gasteiger partial charge in [-0.2, -0.15) is 0 Å². The summed E-state index contributed by atoms with van der Waals surface area (Å²) in [6, 6.07) is -1.01. The average molecular weight is 432 g/mol. The minimum absolute atomic E-state index is 0.00144. The van der Waals surface area contributed by atoms with E-state index in [-0.39, 0.29) is 27.3 Å². The number of oxime groups is 1. The van der Waals surface area contributed by atoms with Gasteiger partial charge in [0.05, 0.1) is 5.03 Å². The minimum Gasteiger partial charge on any atom is -0.477 e. The lowest BCUT2D eigenvalue weighted by molar-refractivity contribution is -0.150. The molecule has 0 radical (unpaired) electrons. The number of thiazole rings is 1. The van der Waals surface area contributed by atoms with Crippen molar-refractivity contribution in [3.05, 3.63) is 21.8 Å². The van der Waals surface area contributed by atoms with Crippen LogP contribution in [0.4, 0.5) is 5.13 Å². The minimum atomic E-state index is -1.33. The van der Waals surface area contributed by atoms with Crippen LogP contribution in [-0.4, -0.2) is 67.3 Å². The topological polar surface area (TPSA) is 161 Å². The molecule has 3 heterocycles. The smallest absolute Gasteiger partial charge is 0.353 e.